The summed E-state index contributed by atoms with van der Waals surface area (Å²) in [5.74, 6) is 2.36. The zero-order chi connectivity index (χ0) is 22.3. The summed E-state index contributed by atoms with van der Waals surface area (Å²) in [7, 11) is -1.77. The minimum Gasteiger partial charge on any atom is -0.390 e. The van der Waals surface area contributed by atoms with Crippen molar-refractivity contribution in [2.75, 3.05) is 6.61 Å². The summed E-state index contributed by atoms with van der Waals surface area (Å²) in [5.41, 5.74) is -0.910. The van der Waals surface area contributed by atoms with Crippen LogP contribution in [0.4, 0.5) is 8.78 Å². The first-order valence-electron chi connectivity index (χ1n) is 9.51. The van der Waals surface area contributed by atoms with E-state index in [1.165, 1.54) is 6.92 Å². The minimum atomic E-state index is -3.54. The number of thiophene rings is 1. The van der Waals surface area contributed by atoms with E-state index in [-0.39, 0.29) is 5.56 Å². The highest BCUT2D eigenvalue weighted by Gasteiger charge is 2.52. The highest BCUT2D eigenvalue weighted by atomic mass is 32.2. The van der Waals surface area contributed by atoms with E-state index in [0.717, 1.165) is 25.7 Å². The highest BCUT2D eigenvalue weighted by Crippen LogP contribution is 2.42. The molecule has 160 valence electrons. The minimum absolute atomic E-state index is 0.262. The van der Waals surface area contributed by atoms with E-state index in [9.17, 15) is 18.1 Å². The fraction of sp³-hybridized carbons (Fsp3) is 0.391. The smallest absolute Gasteiger partial charge is 0.293 e. The molecule has 0 spiro atoms. The second-order valence-electron chi connectivity index (χ2n) is 8.37. The number of halogens is 2. The van der Waals surface area contributed by atoms with Gasteiger partial charge in [-0.3, -0.25) is 0 Å². The van der Waals surface area contributed by atoms with Gasteiger partial charge in [-0.15, -0.1) is 17.3 Å². The normalized spacial score (nSPS) is 15.6. The average molecular weight is 450 g/mol. The van der Waals surface area contributed by atoms with Crippen molar-refractivity contribution in [1.82, 2.24) is 4.72 Å². The summed E-state index contributed by atoms with van der Waals surface area (Å²) >= 11 is 1.57. The zero-order valence-electron chi connectivity index (χ0n) is 17.6. The number of rotatable bonds is 5. The predicted molar refractivity (Wildman–Crippen MR) is 122 cm³/mol. The Morgan fingerprint density at radius 2 is 1.67 bits per heavy atom. The van der Waals surface area contributed by atoms with Crippen molar-refractivity contribution >= 4 is 42.5 Å². The molecule has 2 atom stereocenters. The van der Waals surface area contributed by atoms with Crippen LogP contribution in [0.3, 0.4) is 0 Å². The van der Waals surface area contributed by atoms with E-state index in [4.69, 9.17) is 0 Å². The molecular formula is C23H25F2NO2S2. The Morgan fingerprint density at radius 1 is 1.07 bits per heavy atom. The first-order chi connectivity index (χ1) is 13.9. The molecule has 2 N–H and O–H groups in total. The van der Waals surface area contributed by atoms with Crippen LogP contribution in [-0.4, -0.2) is 26.6 Å². The number of nitrogens with one attached hydrogen (secondary N) is 1. The van der Waals surface area contributed by atoms with Crippen LogP contribution in [0.5, 0.6) is 0 Å². The van der Waals surface area contributed by atoms with Crippen molar-refractivity contribution in [3.8, 4) is 11.8 Å². The van der Waals surface area contributed by atoms with Crippen LogP contribution >= 0.6 is 11.3 Å². The van der Waals surface area contributed by atoms with Crippen molar-refractivity contribution in [3.05, 3.63) is 47.5 Å². The van der Waals surface area contributed by atoms with Crippen LogP contribution < -0.4 is 4.72 Å². The Kier molecular flexibility index (Phi) is 6.09. The lowest BCUT2D eigenvalue weighted by Crippen LogP contribution is -2.58. The molecule has 7 heteroatoms. The van der Waals surface area contributed by atoms with Gasteiger partial charge in [0.15, 0.2) is 0 Å². The van der Waals surface area contributed by atoms with Gasteiger partial charge in [0, 0.05) is 25.7 Å². The fourth-order valence-electron chi connectivity index (χ4n) is 3.15. The molecule has 2 aromatic carbocycles. The Hall–Kier alpha value is -1.85. The molecule has 0 saturated heterocycles. The van der Waals surface area contributed by atoms with Crippen molar-refractivity contribution in [2.45, 2.75) is 50.8 Å². The molecule has 0 amide bonds. The molecule has 0 fully saturated rings. The summed E-state index contributed by atoms with van der Waals surface area (Å²) < 4.78 is 46.5. The topological polar surface area (TPSA) is 49.3 Å². The molecule has 3 aromatic rings. The van der Waals surface area contributed by atoms with E-state index in [2.05, 4.69) is 16.6 Å². The van der Waals surface area contributed by atoms with Gasteiger partial charge in [0.2, 0.25) is 0 Å². The lowest BCUT2D eigenvalue weighted by atomic mass is 9.86. The number of alkyl halides is 2. The van der Waals surface area contributed by atoms with Crippen LogP contribution in [0, 0.1) is 11.8 Å². The van der Waals surface area contributed by atoms with Gasteiger partial charge in [-0.05, 0) is 70.5 Å². The Balaban J connectivity index is 2.23. The standard InChI is InChI=1S/C23H25F2NO2S2/c1-6-7-15-8-10-19-17(12-15)18-13-16(9-11-20(18)29-19)22(5,23(24,25)14-27)26-30(28)21(2,3)4/h8-13,26-27H,14H2,1-5H3/t22-,30?/m1/s1. The fourth-order valence-corrected chi connectivity index (χ4v) is 5.16. The summed E-state index contributed by atoms with van der Waals surface area (Å²) in [5, 5.41) is 11.2. The van der Waals surface area contributed by atoms with E-state index in [0.29, 0.717) is 0 Å². The number of aliphatic hydroxyl groups excluding tert-OH is 1. The quantitative estimate of drug-likeness (QED) is 0.518. The first kappa shape index (κ1) is 22.8. The van der Waals surface area contributed by atoms with E-state index in [1.54, 1.807) is 57.2 Å². The zero-order valence-corrected chi connectivity index (χ0v) is 19.2. The second-order valence-corrected chi connectivity index (χ2v) is 11.4. The number of aliphatic hydroxyl groups is 1. The predicted octanol–water partition coefficient (Wildman–Crippen LogP) is 5.32. The maximum Gasteiger partial charge on any atom is 0.293 e. The van der Waals surface area contributed by atoms with E-state index in [1.807, 2.05) is 18.2 Å². The molecule has 1 heterocycles. The van der Waals surface area contributed by atoms with Crippen LogP contribution in [0.1, 0.15) is 45.7 Å². The number of hydrogen-bond acceptors (Lipinski definition) is 3. The number of benzene rings is 2. The third kappa shape index (κ3) is 4.02. The highest BCUT2D eigenvalue weighted by molar-refractivity contribution is 7.84. The van der Waals surface area contributed by atoms with Gasteiger partial charge in [-0.1, -0.05) is 12.0 Å². The van der Waals surface area contributed by atoms with E-state index < -0.39 is 33.8 Å². The Labute approximate surface area is 182 Å². The second kappa shape index (κ2) is 8.01. The molecule has 0 radical (unpaired) electrons. The number of fused-ring (bicyclic) bond motifs is 3. The molecule has 30 heavy (non-hydrogen) atoms. The first-order valence-corrected chi connectivity index (χ1v) is 11.5. The van der Waals surface area contributed by atoms with Crippen LogP contribution in [0.2, 0.25) is 0 Å². The molecule has 0 bridgehead atoms. The van der Waals surface area contributed by atoms with Crippen LogP contribution in [0.25, 0.3) is 20.2 Å². The number of hydrogen-bond donors (Lipinski definition) is 2. The molecule has 1 aromatic heterocycles. The summed E-state index contributed by atoms with van der Waals surface area (Å²) in [6, 6.07) is 11.0. The molecule has 0 saturated carbocycles. The summed E-state index contributed by atoms with van der Waals surface area (Å²) in [6.45, 7) is 6.81. The average Bonchev–Trinajstić information content (AvgIpc) is 3.04. The monoisotopic (exact) mass is 449 g/mol. The van der Waals surface area contributed by atoms with Crippen molar-refractivity contribution in [1.29, 1.82) is 0 Å². The van der Waals surface area contributed by atoms with Crippen molar-refractivity contribution in [3.63, 3.8) is 0 Å². The molecule has 0 aliphatic heterocycles. The van der Waals surface area contributed by atoms with Gasteiger partial charge >= 0.3 is 0 Å². The summed E-state index contributed by atoms with van der Waals surface area (Å²) in [4.78, 5) is 0. The van der Waals surface area contributed by atoms with Gasteiger partial charge in [-0.2, -0.15) is 0 Å². The maximum atomic E-state index is 15.0. The third-order valence-electron chi connectivity index (χ3n) is 5.10. The SMILES string of the molecule is CC#Cc1ccc2sc3ccc([C@@](C)(NS(=O)C(C)(C)C)C(F)(F)CO)cc3c2c1. The molecule has 3 rings (SSSR count). The molecule has 1 unspecified atom stereocenters. The van der Waals surface area contributed by atoms with Gasteiger partial charge < -0.3 is 5.11 Å². The Bertz CT molecular complexity index is 1180. The summed E-state index contributed by atoms with van der Waals surface area (Å²) in [6.07, 6.45) is 0. The van der Waals surface area contributed by atoms with Gasteiger partial charge in [-0.25, -0.2) is 17.7 Å². The third-order valence-corrected chi connectivity index (χ3v) is 7.96. The van der Waals surface area contributed by atoms with Crippen molar-refractivity contribution in [2.24, 2.45) is 0 Å². The van der Waals surface area contributed by atoms with Gasteiger partial charge in [0.25, 0.3) is 5.92 Å². The van der Waals surface area contributed by atoms with Crippen LogP contribution in [0.15, 0.2) is 36.4 Å². The lowest BCUT2D eigenvalue weighted by molar-refractivity contribution is -0.113. The maximum absolute atomic E-state index is 15.0. The molecule has 3 nitrogen and oxygen atoms in total. The largest absolute Gasteiger partial charge is 0.390 e. The molecule has 0 aliphatic carbocycles. The lowest BCUT2D eigenvalue weighted by Gasteiger charge is -2.39. The Morgan fingerprint density at radius 3 is 2.23 bits per heavy atom. The van der Waals surface area contributed by atoms with Gasteiger partial charge in [0.05, 0.1) is 15.7 Å². The van der Waals surface area contributed by atoms with Gasteiger partial charge in [0.1, 0.15) is 12.1 Å². The molecule has 0 aliphatic rings. The van der Waals surface area contributed by atoms with Crippen LogP contribution in [-0.2, 0) is 16.5 Å². The van der Waals surface area contributed by atoms with Crippen molar-refractivity contribution < 1.29 is 18.1 Å². The molecular weight excluding hydrogens is 424 g/mol. The van der Waals surface area contributed by atoms with E-state index >= 15 is 0 Å².